The van der Waals surface area contributed by atoms with Crippen LogP contribution in [-0.2, 0) is 12.8 Å². The van der Waals surface area contributed by atoms with Gasteiger partial charge in [-0.2, -0.15) is 5.10 Å². The van der Waals surface area contributed by atoms with Gasteiger partial charge in [-0.1, -0.05) is 12.1 Å². The van der Waals surface area contributed by atoms with E-state index < -0.39 is 0 Å². The molecule has 2 heterocycles. The number of nitrogen functional groups attached to an aromatic ring is 1. The molecule has 3 aromatic rings. The molecule has 0 spiro atoms. The topological polar surface area (TPSA) is 56.7 Å². The molecule has 0 saturated heterocycles. The minimum absolute atomic E-state index is 0.679. The summed E-state index contributed by atoms with van der Waals surface area (Å²) in [5.41, 5.74) is 9.62. The van der Waals surface area contributed by atoms with E-state index >= 15 is 0 Å². The summed E-state index contributed by atoms with van der Waals surface area (Å²) in [7, 11) is 0. The second-order valence-corrected chi connectivity index (χ2v) is 4.95. The fourth-order valence-electron chi connectivity index (χ4n) is 2.96. The lowest BCUT2D eigenvalue weighted by molar-refractivity contribution is 0.792. The fourth-order valence-corrected chi connectivity index (χ4v) is 2.96. The summed E-state index contributed by atoms with van der Waals surface area (Å²) in [5.74, 6) is 0.679. The van der Waals surface area contributed by atoms with Crippen molar-refractivity contribution in [3.05, 3.63) is 47.9 Å². The molecular weight excluding hydrogens is 236 g/mol. The molecule has 0 atom stereocenters. The zero-order chi connectivity index (χ0) is 12.8. The van der Waals surface area contributed by atoms with Crippen molar-refractivity contribution < 1.29 is 0 Å². The van der Waals surface area contributed by atoms with Crippen LogP contribution in [0.3, 0.4) is 0 Å². The number of anilines is 1. The molecular formula is C15H14N4. The highest BCUT2D eigenvalue weighted by Crippen LogP contribution is 2.31. The van der Waals surface area contributed by atoms with Crippen LogP contribution in [0, 0.1) is 0 Å². The average Bonchev–Trinajstić information content (AvgIpc) is 3.03. The van der Waals surface area contributed by atoms with E-state index in [0.717, 1.165) is 29.3 Å². The maximum Gasteiger partial charge on any atom is 0.149 e. The molecule has 0 radical (unpaired) electrons. The van der Waals surface area contributed by atoms with Crippen LogP contribution in [0.5, 0.6) is 0 Å². The Morgan fingerprint density at radius 3 is 3.05 bits per heavy atom. The second-order valence-electron chi connectivity index (χ2n) is 4.95. The predicted octanol–water partition coefficient (Wildman–Crippen LogP) is 2.49. The Bertz CT molecular complexity index is 768. The van der Waals surface area contributed by atoms with Crippen molar-refractivity contribution in [3.63, 3.8) is 0 Å². The van der Waals surface area contributed by atoms with Gasteiger partial charge < -0.3 is 5.73 Å². The minimum atomic E-state index is 0.679. The van der Waals surface area contributed by atoms with Gasteiger partial charge in [0.1, 0.15) is 5.82 Å². The molecule has 2 N–H and O–H groups in total. The van der Waals surface area contributed by atoms with Gasteiger partial charge in [0, 0.05) is 34.4 Å². The fraction of sp³-hybridized carbons (Fsp3) is 0.200. The monoisotopic (exact) mass is 250 g/mol. The number of pyridine rings is 1. The lowest BCUT2D eigenvalue weighted by Crippen LogP contribution is -2.02. The first kappa shape index (κ1) is 10.6. The number of rotatable bonds is 1. The molecule has 0 bridgehead atoms. The zero-order valence-electron chi connectivity index (χ0n) is 10.5. The number of nitrogens with two attached hydrogens (primary N) is 1. The molecule has 1 aliphatic rings. The normalized spacial score (nSPS) is 13.9. The largest absolute Gasteiger partial charge is 0.382 e. The third-order valence-corrected chi connectivity index (χ3v) is 3.85. The van der Waals surface area contributed by atoms with Gasteiger partial charge >= 0.3 is 0 Å². The molecule has 0 fully saturated rings. The van der Waals surface area contributed by atoms with Gasteiger partial charge in [-0.05, 0) is 31.4 Å². The summed E-state index contributed by atoms with van der Waals surface area (Å²) in [5, 5.41) is 6.81. The van der Waals surface area contributed by atoms with Gasteiger partial charge in [-0.25, -0.2) is 4.68 Å². The van der Waals surface area contributed by atoms with Crippen molar-refractivity contribution in [1.29, 1.82) is 0 Å². The van der Waals surface area contributed by atoms with Crippen molar-refractivity contribution in [2.45, 2.75) is 19.3 Å². The molecule has 4 rings (SSSR count). The highest BCUT2D eigenvalue weighted by Gasteiger charge is 2.22. The third-order valence-electron chi connectivity index (χ3n) is 3.85. The van der Waals surface area contributed by atoms with E-state index in [1.165, 1.54) is 17.7 Å². The first-order valence-corrected chi connectivity index (χ1v) is 6.54. The second kappa shape index (κ2) is 3.82. The van der Waals surface area contributed by atoms with E-state index in [-0.39, 0.29) is 0 Å². The number of hydrogen-bond acceptors (Lipinski definition) is 3. The first-order chi connectivity index (χ1) is 9.34. The molecule has 19 heavy (non-hydrogen) atoms. The number of nitrogens with zero attached hydrogens (tertiary/aromatic N) is 3. The Hall–Kier alpha value is -2.36. The summed E-state index contributed by atoms with van der Waals surface area (Å²) in [6.07, 6.45) is 6.98. The molecule has 4 heteroatoms. The van der Waals surface area contributed by atoms with E-state index in [4.69, 9.17) is 5.73 Å². The molecule has 94 valence electrons. The Labute approximate surface area is 110 Å². The maximum absolute atomic E-state index is 6.03. The van der Waals surface area contributed by atoms with E-state index in [1.54, 1.807) is 0 Å². The maximum atomic E-state index is 6.03. The Morgan fingerprint density at radius 1 is 1.16 bits per heavy atom. The summed E-state index contributed by atoms with van der Waals surface area (Å²) >= 11 is 0. The van der Waals surface area contributed by atoms with Gasteiger partial charge in [0.25, 0.3) is 0 Å². The molecule has 2 aromatic heterocycles. The van der Waals surface area contributed by atoms with Crippen molar-refractivity contribution >= 4 is 16.6 Å². The molecule has 0 aliphatic heterocycles. The smallest absolute Gasteiger partial charge is 0.149 e. The van der Waals surface area contributed by atoms with E-state index in [9.17, 15) is 0 Å². The van der Waals surface area contributed by atoms with E-state index in [2.05, 4.69) is 22.2 Å². The summed E-state index contributed by atoms with van der Waals surface area (Å²) in [6.45, 7) is 0. The van der Waals surface area contributed by atoms with Crippen LogP contribution < -0.4 is 5.73 Å². The summed E-state index contributed by atoms with van der Waals surface area (Å²) in [4.78, 5) is 4.17. The lowest BCUT2D eigenvalue weighted by Gasteiger charge is -2.08. The van der Waals surface area contributed by atoms with Crippen LogP contribution in [-0.4, -0.2) is 14.8 Å². The molecule has 0 unspecified atom stereocenters. The van der Waals surface area contributed by atoms with Crippen molar-refractivity contribution in [1.82, 2.24) is 14.8 Å². The van der Waals surface area contributed by atoms with Crippen LogP contribution in [0.25, 0.3) is 16.5 Å². The van der Waals surface area contributed by atoms with Crippen LogP contribution in [0.4, 0.5) is 5.82 Å². The first-order valence-electron chi connectivity index (χ1n) is 6.54. The number of hydrogen-bond donors (Lipinski definition) is 1. The van der Waals surface area contributed by atoms with Crippen LogP contribution in [0.2, 0.25) is 0 Å². The van der Waals surface area contributed by atoms with E-state index in [0.29, 0.717) is 5.82 Å². The molecule has 1 aliphatic carbocycles. The highest BCUT2D eigenvalue weighted by molar-refractivity contribution is 5.89. The van der Waals surface area contributed by atoms with Gasteiger partial charge in [0.05, 0.1) is 5.69 Å². The van der Waals surface area contributed by atoms with Gasteiger partial charge in [-0.15, -0.1) is 0 Å². The summed E-state index contributed by atoms with van der Waals surface area (Å²) in [6, 6.07) is 8.23. The highest BCUT2D eigenvalue weighted by atomic mass is 15.3. The minimum Gasteiger partial charge on any atom is -0.382 e. The predicted molar refractivity (Wildman–Crippen MR) is 75.3 cm³/mol. The van der Waals surface area contributed by atoms with Crippen molar-refractivity contribution in [2.75, 3.05) is 5.73 Å². The van der Waals surface area contributed by atoms with Crippen LogP contribution >= 0.6 is 0 Å². The zero-order valence-corrected chi connectivity index (χ0v) is 10.5. The van der Waals surface area contributed by atoms with Gasteiger partial charge in [0.2, 0.25) is 0 Å². The molecule has 1 aromatic carbocycles. The quantitative estimate of drug-likeness (QED) is 0.722. The van der Waals surface area contributed by atoms with Crippen LogP contribution in [0.1, 0.15) is 17.7 Å². The Balaban J connectivity index is 2.03. The average molecular weight is 250 g/mol. The molecule has 0 amide bonds. The van der Waals surface area contributed by atoms with E-state index in [1.807, 2.05) is 29.2 Å². The van der Waals surface area contributed by atoms with Crippen LogP contribution in [0.15, 0.2) is 36.7 Å². The van der Waals surface area contributed by atoms with Crippen molar-refractivity contribution in [3.8, 4) is 5.69 Å². The Kier molecular flexibility index (Phi) is 2.12. The van der Waals surface area contributed by atoms with Gasteiger partial charge in [-0.3, -0.25) is 4.98 Å². The number of aromatic nitrogens is 3. The molecule has 4 nitrogen and oxygen atoms in total. The third kappa shape index (κ3) is 1.46. The standard InChI is InChI=1S/C15H14N4/c16-15-12-4-2-6-14(12)19(18-15)13-5-1-3-10-9-17-8-7-11(10)13/h1,3,5,7-9H,2,4,6H2,(H2,16,18). The number of fused-ring (bicyclic) bond motifs is 2. The Morgan fingerprint density at radius 2 is 2.11 bits per heavy atom. The van der Waals surface area contributed by atoms with Gasteiger partial charge in [0.15, 0.2) is 0 Å². The summed E-state index contributed by atoms with van der Waals surface area (Å²) < 4.78 is 2.01. The molecule has 0 saturated carbocycles. The number of benzene rings is 1. The van der Waals surface area contributed by atoms with Crippen molar-refractivity contribution in [2.24, 2.45) is 0 Å². The SMILES string of the molecule is Nc1nn(-c2cccc3cnccc23)c2c1CCC2. The lowest BCUT2D eigenvalue weighted by atomic mass is 10.1.